The number of allylic oxidation sites excluding steroid dienone is 4. The van der Waals surface area contributed by atoms with E-state index in [9.17, 15) is 9.18 Å². The van der Waals surface area contributed by atoms with Crippen molar-refractivity contribution in [2.24, 2.45) is 35.0 Å². The van der Waals surface area contributed by atoms with Crippen LogP contribution in [0.1, 0.15) is 83.3 Å². The molecule has 2 N–H and O–H groups in total. The SMILES string of the molecule is CC.C[C@]12CCC3C4=CC=CC(F)C4CCC3C1[C@H](CCCCN1Cc3ccccc3C1)CC2=O.O. The number of nitrogens with zero attached hydrogens (tertiary/aromatic N) is 1. The van der Waals surface area contributed by atoms with Crippen LogP contribution >= 0.6 is 0 Å². The Morgan fingerprint density at radius 1 is 1.03 bits per heavy atom. The zero-order valence-corrected chi connectivity index (χ0v) is 22.5. The number of halogens is 1. The van der Waals surface area contributed by atoms with Crippen molar-refractivity contribution in [2.45, 2.75) is 91.4 Å². The van der Waals surface area contributed by atoms with Gasteiger partial charge in [0.15, 0.2) is 0 Å². The molecule has 0 saturated heterocycles. The fourth-order valence-electron chi connectivity index (χ4n) is 8.54. The third kappa shape index (κ3) is 4.76. The molecule has 0 bridgehead atoms. The summed E-state index contributed by atoms with van der Waals surface area (Å²) in [6, 6.07) is 8.82. The molecule has 4 aliphatic carbocycles. The molecule has 5 aliphatic rings. The largest absolute Gasteiger partial charge is 0.412 e. The van der Waals surface area contributed by atoms with Crippen molar-refractivity contribution in [1.29, 1.82) is 0 Å². The maximum Gasteiger partial charge on any atom is 0.139 e. The van der Waals surface area contributed by atoms with Gasteiger partial charge in [-0.25, -0.2) is 4.39 Å². The second-order valence-electron chi connectivity index (χ2n) is 11.8. The van der Waals surface area contributed by atoms with Crippen LogP contribution in [-0.4, -0.2) is 28.9 Å². The maximum atomic E-state index is 14.6. The van der Waals surface area contributed by atoms with Gasteiger partial charge in [0.05, 0.1) is 0 Å². The summed E-state index contributed by atoms with van der Waals surface area (Å²) in [4.78, 5) is 15.8. The van der Waals surface area contributed by atoms with Crippen LogP contribution in [0.25, 0.3) is 0 Å². The van der Waals surface area contributed by atoms with Gasteiger partial charge in [-0.3, -0.25) is 9.69 Å². The second-order valence-corrected chi connectivity index (χ2v) is 11.8. The van der Waals surface area contributed by atoms with Crippen LogP contribution in [0.3, 0.4) is 0 Å². The van der Waals surface area contributed by atoms with E-state index in [0.29, 0.717) is 29.5 Å². The number of fused-ring (bicyclic) bond motifs is 6. The molecule has 1 aliphatic heterocycles. The van der Waals surface area contributed by atoms with Gasteiger partial charge in [-0.05, 0) is 79.9 Å². The summed E-state index contributed by atoms with van der Waals surface area (Å²) in [5.74, 6) is 2.74. The number of hydrogen-bond acceptors (Lipinski definition) is 2. The van der Waals surface area contributed by atoms with Gasteiger partial charge in [0.2, 0.25) is 0 Å². The van der Waals surface area contributed by atoms with Crippen LogP contribution in [0.2, 0.25) is 0 Å². The molecule has 6 rings (SSSR count). The molecule has 0 aromatic heterocycles. The Kier molecular flexibility index (Phi) is 8.56. The number of alkyl halides is 1. The summed E-state index contributed by atoms with van der Waals surface area (Å²) < 4.78 is 14.6. The lowest BCUT2D eigenvalue weighted by Crippen LogP contribution is -2.47. The van der Waals surface area contributed by atoms with Crippen molar-refractivity contribution >= 4 is 5.78 Å². The first-order valence-electron chi connectivity index (χ1n) is 14.4. The Hall–Kier alpha value is -1.78. The number of carbonyl (C=O) groups excluding carboxylic acids is 1. The second kappa shape index (κ2) is 11.3. The molecule has 3 fully saturated rings. The van der Waals surface area contributed by atoms with E-state index in [1.807, 2.05) is 19.9 Å². The third-order valence-electron chi connectivity index (χ3n) is 10.1. The monoisotopic (exact) mass is 495 g/mol. The molecular formula is C32H46FNO2. The average molecular weight is 496 g/mol. The minimum absolute atomic E-state index is 0. The van der Waals surface area contributed by atoms with Gasteiger partial charge in [0.1, 0.15) is 12.0 Å². The van der Waals surface area contributed by atoms with E-state index in [1.165, 1.54) is 36.0 Å². The highest BCUT2D eigenvalue weighted by Crippen LogP contribution is 2.62. The van der Waals surface area contributed by atoms with Crippen molar-refractivity contribution < 1.29 is 14.7 Å². The van der Waals surface area contributed by atoms with Crippen LogP contribution in [0.5, 0.6) is 0 Å². The quantitative estimate of drug-likeness (QED) is 0.419. The summed E-state index contributed by atoms with van der Waals surface area (Å²) >= 11 is 0. The zero-order valence-electron chi connectivity index (χ0n) is 22.5. The Labute approximate surface area is 217 Å². The van der Waals surface area contributed by atoms with Gasteiger partial charge in [-0.15, -0.1) is 0 Å². The van der Waals surface area contributed by atoms with Crippen LogP contribution in [0.15, 0.2) is 48.1 Å². The molecule has 7 atom stereocenters. The third-order valence-corrected chi connectivity index (χ3v) is 10.1. The number of rotatable bonds is 5. The number of hydrogen-bond donors (Lipinski definition) is 0. The van der Waals surface area contributed by atoms with Gasteiger partial charge in [-0.2, -0.15) is 0 Å². The van der Waals surface area contributed by atoms with Gasteiger partial charge in [0.25, 0.3) is 0 Å². The van der Waals surface area contributed by atoms with E-state index >= 15 is 0 Å². The molecule has 5 unspecified atom stereocenters. The molecule has 198 valence electrons. The topological polar surface area (TPSA) is 51.8 Å². The Balaban J connectivity index is 0.000000990. The summed E-state index contributed by atoms with van der Waals surface area (Å²) in [7, 11) is 0. The van der Waals surface area contributed by atoms with Crippen molar-refractivity contribution in [3.05, 3.63) is 59.2 Å². The Bertz CT molecular complexity index is 961. The highest BCUT2D eigenvalue weighted by Gasteiger charge is 2.59. The van der Waals surface area contributed by atoms with Crippen LogP contribution in [0, 0.1) is 35.0 Å². The lowest BCUT2D eigenvalue weighted by atomic mass is 9.52. The standard InChI is InChI=1S/C30H38FNO.C2H6.H2O/c1-30-15-14-24-23-10-6-11-27(31)25(23)12-13-26(24)29(30)20(17-28(30)33)7-4-5-16-32-18-21-8-2-3-9-22(21)19-32;1-2;/h2-3,6,8-11,20,24-27,29H,4-5,7,12-19H2,1H3;1-2H3;1H2/t20-,24?,25?,26?,27?,29?,30-;;/m1../s1. The number of benzene rings is 1. The van der Waals surface area contributed by atoms with Gasteiger partial charge < -0.3 is 5.48 Å². The fourth-order valence-corrected chi connectivity index (χ4v) is 8.54. The number of carbonyl (C=O) groups is 1. The molecule has 3 saturated carbocycles. The minimum Gasteiger partial charge on any atom is -0.412 e. The normalized spacial score (nSPS) is 36.4. The van der Waals surface area contributed by atoms with Crippen molar-refractivity contribution in [3.8, 4) is 0 Å². The van der Waals surface area contributed by atoms with Crippen LogP contribution in [-0.2, 0) is 17.9 Å². The molecule has 1 heterocycles. The first-order chi connectivity index (χ1) is 17.0. The lowest BCUT2D eigenvalue weighted by Gasteiger charge is -2.52. The molecule has 1 aromatic rings. The zero-order chi connectivity index (χ0) is 24.6. The predicted octanol–water partition coefficient (Wildman–Crippen LogP) is 6.86. The van der Waals surface area contributed by atoms with E-state index < -0.39 is 6.17 Å². The first kappa shape index (κ1) is 27.3. The highest BCUT2D eigenvalue weighted by molar-refractivity contribution is 5.87. The average Bonchev–Trinajstić information content (AvgIpc) is 3.41. The van der Waals surface area contributed by atoms with Gasteiger partial charge >= 0.3 is 0 Å². The Morgan fingerprint density at radius 3 is 2.47 bits per heavy atom. The van der Waals surface area contributed by atoms with Crippen LogP contribution in [0.4, 0.5) is 4.39 Å². The smallest absolute Gasteiger partial charge is 0.139 e. The van der Waals surface area contributed by atoms with Gasteiger partial charge in [-0.1, -0.05) is 75.3 Å². The molecule has 0 amide bonds. The highest BCUT2D eigenvalue weighted by atomic mass is 19.1. The fraction of sp³-hybridized carbons (Fsp3) is 0.656. The predicted molar refractivity (Wildman–Crippen MR) is 145 cm³/mol. The molecule has 1 aromatic carbocycles. The van der Waals surface area contributed by atoms with Crippen molar-refractivity contribution in [2.75, 3.05) is 6.54 Å². The molecule has 36 heavy (non-hydrogen) atoms. The summed E-state index contributed by atoms with van der Waals surface area (Å²) in [6.07, 6.45) is 13.7. The summed E-state index contributed by atoms with van der Waals surface area (Å²) in [5, 5.41) is 0. The summed E-state index contributed by atoms with van der Waals surface area (Å²) in [6.45, 7) is 9.60. The summed E-state index contributed by atoms with van der Waals surface area (Å²) in [5.41, 5.74) is 4.21. The maximum absolute atomic E-state index is 14.6. The number of ketones is 1. The molecule has 4 heteroatoms. The van der Waals surface area contributed by atoms with E-state index in [-0.39, 0.29) is 16.8 Å². The van der Waals surface area contributed by atoms with Crippen molar-refractivity contribution in [3.63, 3.8) is 0 Å². The van der Waals surface area contributed by atoms with E-state index in [0.717, 1.165) is 51.7 Å². The first-order valence-corrected chi connectivity index (χ1v) is 14.4. The van der Waals surface area contributed by atoms with E-state index in [2.05, 4.69) is 42.2 Å². The van der Waals surface area contributed by atoms with Crippen molar-refractivity contribution in [1.82, 2.24) is 4.90 Å². The van der Waals surface area contributed by atoms with Crippen LogP contribution < -0.4 is 0 Å². The van der Waals surface area contributed by atoms with Gasteiger partial charge in [0, 0.05) is 30.8 Å². The lowest BCUT2D eigenvalue weighted by molar-refractivity contribution is -0.130. The number of Topliss-reactive ketones (excluding diaryl/α,β-unsaturated/α-hetero) is 1. The Morgan fingerprint density at radius 2 is 1.75 bits per heavy atom. The number of unbranched alkanes of at least 4 members (excludes halogenated alkanes) is 1. The van der Waals surface area contributed by atoms with E-state index in [1.54, 1.807) is 6.08 Å². The minimum atomic E-state index is -0.808. The molecule has 0 radical (unpaired) electrons. The molecular weight excluding hydrogens is 449 g/mol. The molecule has 0 spiro atoms. The molecule has 3 nitrogen and oxygen atoms in total. The van der Waals surface area contributed by atoms with E-state index in [4.69, 9.17) is 0 Å².